The minimum Gasteiger partial charge on any atom is -0.492 e. The maximum atomic E-state index is 11.3. The van der Waals surface area contributed by atoms with Crippen molar-refractivity contribution in [3.8, 4) is 5.75 Å². The zero-order chi connectivity index (χ0) is 20.1. The average molecular weight is 439 g/mol. The van der Waals surface area contributed by atoms with Crippen molar-refractivity contribution in [1.29, 1.82) is 0 Å². The molecule has 0 saturated heterocycles. The smallest absolute Gasteiger partial charge is 0.305 e. The third-order valence-corrected chi connectivity index (χ3v) is 6.36. The minimum absolute atomic E-state index is 0.0859. The standard InChI is InChI=1S/C23H35BrO3/c1-6-26-21(25)11-9-7-8-10-14-27-20-16-18-17(15-19(20)24)22(2,3)12-13-23(18,4)5/h15-16H,6-14H2,1-5H3. The number of benzene rings is 1. The van der Waals surface area contributed by atoms with Gasteiger partial charge in [0.2, 0.25) is 0 Å². The van der Waals surface area contributed by atoms with Crippen LogP contribution in [0.25, 0.3) is 0 Å². The Morgan fingerprint density at radius 2 is 1.59 bits per heavy atom. The molecule has 1 aromatic carbocycles. The van der Waals surface area contributed by atoms with Crippen molar-refractivity contribution in [3.63, 3.8) is 0 Å². The van der Waals surface area contributed by atoms with Crippen molar-refractivity contribution in [3.05, 3.63) is 27.7 Å². The molecule has 27 heavy (non-hydrogen) atoms. The van der Waals surface area contributed by atoms with Gasteiger partial charge in [-0.05, 0) is 82.6 Å². The molecule has 0 heterocycles. The lowest BCUT2D eigenvalue weighted by molar-refractivity contribution is -0.143. The van der Waals surface area contributed by atoms with Crippen LogP contribution < -0.4 is 4.74 Å². The zero-order valence-corrected chi connectivity index (χ0v) is 19.2. The molecular weight excluding hydrogens is 404 g/mol. The molecule has 0 spiro atoms. The van der Waals surface area contributed by atoms with E-state index in [1.54, 1.807) is 0 Å². The lowest BCUT2D eigenvalue weighted by atomic mass is 9.63. The summed E-state index contributed by atoms with van der Waals surface area (Å²) >= 11 is 3.71. The Labute approximate surface area is 173 Å². The van der Waals surface area contributed by atoms with Crippen molar-refractivity contribution in [2.24, 2.45) is 0 Å². The fourth-order valence-electron chi connectivity index (χ4n) is 3.82. The maximum Gasteiger partial charge on any atom is 0.305 e. The highest BCUT2D eigenvalue weighted by atomic mass is 79.9. The topological polar surface area (TPSA) is 35.5 Å². The molecule has 1 aromatic rings. The Bertz CT molecular complexity index is 649. The fraction of sp³-hybridized carbons (Fsp3) is 0.696. The summed E-state index contributed by atoms with van der Waals surface area (Å²) in [6.07, 6.45) is 6.94. The SMILES string of the molecule is CCOC(=O)CCCCCCOc1cc2c(cc1Br)C(C)(C)CCC2(C)C. The molecule has 0 bridgehead atoms. The molecular formula is C23H35BrO3. The second kappa shape index (κ2) is 9.45. The Kier molecular flexibility index (Phi) is 7.79. The van der Waals surface area contributed by atoms with Crippen LogP contribution in [-0.2, 0) is 20.4 Å². The lowest BCUT2D eigenvalue weighted by Crippen LogP contribution is -2.33. The van der Waals surface area contributed by atoms with Crippen LogP contribution in [0, 0.1) is 0 Å². The number of esters is 1. The van der Waals surface area contributed by atoms with E-state index < -0.39 is 0 Å². The van der Waals surface area contributed by atoms with E-state index in [0.717, 1.165) is 35.9 Å². The quantitative estimate of drug-likeness (QED) is 0.318. The number of unbranched alkanes of at least 4 members (excludes halogenated alkanes) is 3. The second-order valence-electron chi connectivity index (χ2n) is 8.91. The van der Waals surface area contributed by atoms with Crippen LogP contribution in [-0.4, -0.2) is 19.2 Å². The first-order valence-corrected chi connectivity index (χ1v) is 11.1. The second-order valence-corrected chi connectivity index (χ2v) is 9.77. The van der Waals surface area contributed by atoms with E-state index in [0.29, 0.717) is 19.6 Å². The summed E-state index contributed by atoms with van der Waals surface area (Å²) in [6, 6.07) is 4.52. The van der Waals surface area contributed by atoms with Gasteiger partial charge in [-0.1, -0.05) is 40.5 Å². The highest BCUT2D eigenvalue weighted by Crippen LogP contribution is 2.48. The highest BCUT2D eigenvalue weighted by molar-refractivity contribution is 9.10. The summed E-state index contributed by atoms with van der Waals surface area (Å²) in [4.78, 5) is 11.3. The van der Waals surface area contributed by atoms with Crippen LogP contribution in [0.3, 0.4) is 0 Å². The highest BCUT2D eigenvalue weighted by Gasteiger charge is 2.37. The Hall–Kier alpha value is -1.03. The predicted molar refractivity (Wildman–Crippen MR) is 115 cm³/mol. The van der Waals surface area contributed by atoms with Gasteiger partial charge in [-0.15, -0.1) is 0 Å². The van der Waals surface area contributed by atoms with Gasteiger partial charge in [0.25, 0.3) is 0 Å². The van der Waals surface area contributed by atoms with Crippen molar-refractivity contribution in [2.45, 2.75) is 90.4 Å². The fourth-order valence-corrected chi connectivity index (χ4v) is 4.28. The Morgan fingerprint density at radius 1 is 1.00 bits per heavy atom. The summed E-state index contributed by atoms with van der Waals surface area (Å²) in [5.74, 6) is 0.864. The predicted octanol–water partition coefficient (Wildman–Crippen LogP) is 6.69. The van der Waals surface area contributed by atoms with E-state index in [4.69, 9.17) is 9.47 Å². The van der Waals surface area contributed by atoms with Crippen LogP contribution in [0.4, 0.5) is 0 Å². The van der Waals surface area contributed by atoms with Crippen LogP contribution in [0.5, 0.6) is 5.75 Å². The van der Waals surface area contributed by atoms with Crippen molar-refractivity contribution in [1.82, 2.24) is 0 Å². The van der Waals surface area contributed by atoms with E-state index in [1.807, 2.05) is 6.92 Å². The van der Waals surface area contributed by atoms with E-state index in [9.17, 15) is 4.79 Å². The molecule has 0 unspecified atom stereocenters. The van der Waals surface area contributed by atoms with Gasteiger partial charge >= 0.3 is 5.97 Å². The first-order chi connectivity index (χ1) is 12.7. The number of fused-ring (bicyclic) bond motifs is 1. The molecule has 0 fully saturated rings. The molecule has 1 aliphatic rings. The first-order valence-electron chi connectivity index (χ1n) is 10.3. The Morgan fingerprint density at radius 3 is 2.22 bits per heavy atom. The molecule has 0 aromatic heterocycles. The van der Waals surface area contributed by atoms with Gasteiger partial charge in [0.1, 0.15) is 5.75 Å². The van der Waals surface area contributed by atoms with Crippen molar-refractivity contribution >= 4 is 21.9 Å². The molecule has 152 valence electrons. The summed E-state index contributed by atoms with van der Waals surface area (Å²) in [5, 5.41) is 0. The van der Waals surface area contributed by atoms with Gasteiger partial charge in [-0.3, -0.25) is 4.79 Å². The molecule has 0 aliphatic heterocycles. The number of carbonyl (C=O) groups is 1. The summed E-state index contributed by atoms with van der Waals surface area (Å²) in [5.41, 5.74) is 3.27. The van der Waals surface area contributed by atoms with Gasteiger partial charge in [0.15, 0.2) is 0 Å². The van der Waals surface area contributed by atoms with Gasteiger partial charge in [-0.2, -0.15) is 0 Å². The Balaban J connectivity index is 1.86. The van der Waals surface area contributed by atoms with Gasteiger partial charge < -0.3 is 9.47 Å². The zero-order valence-electron chi connectivity index (χ0n) is 17.6. The first kappa shape index (κ1) is 22.3. The molecule has 0 radical (unpaired) electrons. The summed E-state index contributed by atoms with van der Waals surface area (Å²) in [7, 11) is 0. The normalized spacial score (nSPS) is 17.3. The number of carbonyl (C=O) groups excluding carboxylic acids is 1. The van der Waals surface area contributed by atoms with Crippen molar-refractivity contribution < 1.29 is 14.3 Å². The van der Waals surface area contributed by atoms with E-state index in [-0.39, 0.29) is 16.8 Å². The molecule has 0 saturated carbocycles. The van der Waals surface area contributed by atoms with Crippen LogP contribution in [0.1, 0.15) is 90.7 Å². The molecule has 1 aliphatic carbocycles. The third-order valence-electron chi connectivity index (χ3n) is 5.74. The number of ether oxygens (including phenoxy) is 2. The third kappa shape index (κ3) is 5.97. The summed E-state index contributed by atoms with van der Waals surface area (Å²) < 4.78 is 12.1. The lowest BCUT2D eigenvalue weighted by Gasteiger charge is -2.42. The molecule has 0 amide bonds. The van der Waals surface area contributed by atoms with Crippen LogP contribution in [0.15, 0.2) is 16.6 Å². The van der Waals surface area contributed by atoms with Crippen LogP contribution >= 0.6 is 15.9 Å². The van der Waals surface area contributed by atoms with Gasteiger partial charge in [-0.25, -0.2) is 0 Å². The minimum atomic E-state index is -0.0859. The van der Waals surface area contributed by atoms with Gasteiger partial charge in [0.05, 0.1) is 17.7 Å². The number of rotatable bonds is 9. The number of hydrogen-bond acceptors (Lipinski definition) is 3. The van der Waals surface area contributed by atoms with Crippen LogP contribution in [0.2, 0.25) is 0 Å². The van der Waals surface area contributed by atoms with E-state index >= 15 is 0 Å². The monoisotopic (exact) mass is 438 g/mol. The van der Waals surface area contributed by atoms with E-state index in [1.165, 1.54) is 24.0 Å². The van der Waals surface area contributed by atoms with Crippen molar-refractivity contribution in [2.75, 3.05) is 13.2 Å². The maximum absolute atomic E-state index is 11.3. The number of hydrogen-bond donors (Lipinski definition) is 0. The van der Waals surface area contributed by atoms with Gasteiger partial charge in [0, 0.05) is 6.42 Å². The largest absolute Gasteiger partial charge is 0.492 e. The molecule has 0 N–H and O–H groups in total. The number of halogens is 1. The average Bonchev–Trinajstić information content (AvgIpc) is 2.59. The molecule has 2 rings (SSSR count). The van der Waals surface area contributed by atoms with E-state index in [2.05, 4.69) is 55.8 Å². The molecule has 4 heteroatoms. The summed E-state index contributed by atoms with van der Waals surface area (Å²) in [6.45, 7) is 12.4. The molecule has 0 atom stereocenters. The molecule has 3 nitrogen and oxygen atoms in total.